The van der Waals surface area contributed by atoms with E-state index in [9.17, 15) is 0 Å². The zero-order chi connectivity index (χ0) is 18.6. The van der Waals surface area contributed by atoms with Crippen LogP contribution in [0.25, 0.3) is 22.4 Å². The van der Waals surface area contributed by atoms with Crippen molar-refractivity contribution in [2.75, 3.05) is 13.1 Å². The van der Waals surface area contributed by atoms with E-state index in [4.69, 9.17) is 9.52 Å². The lowest BCUT2D eigenvalue weighted by atomic mass is 10.1. The van der Waals surface area contributed by atoms with Gasteiger partial charge in [-0.15, -0.1) is 0 Å². The Labute approximate surface area is 160 Å². The number of rotatable bonds is 7. The van der Waals surface area contributed by atoms with Gasteiger partial charge in [0, 0.05) is 17.5 Å². The Morgan fingerprint density at radius 3 is 2.44 bits per heavy atom. The van der Waals surface area contributed by atoms with E-state index >= 15 is 0 Å². The normalized spacial score (nSPS) is 11.5. The summed E-state index contributed by atoms with van der Waals surface area (Å²) in [5, 5.41) is 6.08. The van der Waals surface area contributed by atoms with Crippen LogP contribution in [0.4, 0.5) is 0 Å². The van der Waals surface area contributed by atoms with Crippen molar-refractivity contribution in [1.29, 1.82) is 0 Å². The van der Waals surface area contributed by atoms with Crippen LogP contribution in [-0.4, -0.2) is 27.8 Å². The molecule has 4 aromatic rings. The smallest absolute Gasteiger partial charge is 0.159 e. The fourth-order valence-corrected chi connectivity index (χ4v) is 3.53. The maximum atomic E-state index is 5.91. The molecule has 2 aromatic heterocycles. The molecule has 4 nitrogen and oxygen atoms in total. The monoisotopic (exact) mass is 359 g/mol. The highest BCUT2D eigenvalue weighted by molar-refractivity contribution is 5.92. The summed E-state index contributed by atoms with van der Waals surface area (Å²) in [6.07, 6.45) is 1.78. The molecule has 0 atom stereocenters. The van der Waals surface area contributed by atoms with E-state index in [1.807, 2.05) is 6.07 Å². The molecule has 0 bridgehead atoms. The molecule has 0 unspecified atom stereocenters. The van der Waals surface area contributed by atoms with E-state index in [0.29, 0.717) is 0 Å². The van der Waals surface area contributed by atoms with E-state index in [0.717, 1.165) is 48.5 Å². The second-order valence-corrected chi connectivity index (χ2v) is 6.75. The molecule has 0 saturated carbocycles. The number of fused-ring (bicyclic) bond motifs is 1. The van der Waals surface area contributed by atoms with Gasteiger partial charge in [0.1, 0.15) is 5.69 Å². The Hall–Kier alpha value is -2.85. The molecule has 0 amide bonds. The lowest BCUT2D eigenvalue weighted by Crippen LogP contribution is -2.22. The van der Waals surface area contributed by atoms with Gasteiger partial charge in [-0.1, -0.05) is 62.4 Å². The van der Waals surface area contributed by atoms with Gasteiger partial charge in [-0.3, -0.25) is 9.58 Å². The van der Waals surface area contributed by atoms with E-state index < -0.39 is 0 Å². The largest absolute Gasteiger partial charge is 0.462 e. The Morgan fingerprint density at radius 2 is 1.67 bits per heavy atom. The first kappa shape index (κ1) is 17.6. The minimum absolute atomic E-state index is 0.743. The fourth-order valence-electron chi connectivity index (χ4n) is 3.53. The first-order valence-corrected chi connectivity index (χ1v) is 9.58. The molecule has 0 N–H and O–H groups in total. The number of nitrogens with zero attached hydrogens (tertiary/aromatic N) is 3. The maximum absolute atomic E-state index is 5.91. The predicted octanol–water partition coefficient (Wildman–Crippen LogP) is 5.19. The summed E-state index contributed by atoms with van der Waals surface area (Å²) in [6.45, 7) is 8.03. The molecule has 27 heavy (non-hydrogen) atoms. The van der Waals surface area contributed by atoms with Crippen LogP contribution in [0, 0.1) is 0 Å². The van der Waals surface area contributed by atoms with Gasteiger partial charge in [-0.25, -0.2) is 0 Å². The summed E-state index contributed by atoms with van der Waals surface area (Å²) >= 11 is 0. The van der Waals surface area contributed by atoms with Crippen molar-refractivity contribution < 1.29 is 4.42 Å². The number of benzene rings is 2. The van der Waals surface area contributed by atoms with Crippen LogP contribution < -0.4 is 0 Å². The molecule has 4 rings (SSSR count). The number of furan rings is 1. The van der Waals surface area contributed by atoms with Crippen LogP contribution in [0.3, 0.4) is 0 Å². The number of para-hydroxylation sites is 1. The zero-order valence-electron chi connectivity index (χ0n) is 15.9. The average molecular weight is 359 g/mol. The first-order valence-electron chi connectivity index (χ1n) is 9.58. The van der Waals surface area contributed by atoms with E-state index in [2.05, 4.69) is 78.0 Å². The summed E-state index contributed by atoms with van der Waals surface area (Å²) in [6, 6.07) is 20.9. The molecule has 138 valence electrons. The molecule has 4 heteroatoms. The van der Waals surface area contributed by atoms with Gasteiger partial charge < -0.3 is 4.42 Å². The SMILES string of the molecule is CCN(CC)Cc1ccoc1-c1nn(Cc2ccccc2)c2ccccc12. The van der Waals surface area contributed by atoms with Gasteiger partial charge in [0.25, 0.3) is 0 Å². The third-order valence-corrected chi connectivity index (χ3v) is 5.08. The lowest BCUT2D eigenvalue weighted by Gasteiger charge is -2.17. The molecule has 0 radical (unpaired) electrons. The van der Waals surface area contributed by atoms with Crippen LogP contribution in [0.15, 0.2) is 71.3 Å². The minimum Gasteiger partial charge on any atom is -0.462 e. The van der Waals surface area contributed by atoms with Crippen LogP contribution in [0.2, 0.25) is 0 Å². The van der Waals surface area contributed by atoms with Gasteiger partial charge in [0.2, 0.25) is 0 Å². The number of aromatic nitrogens is 2. The molecular weight excluding hydrogens is 334 g/mol. The van der Waals surface area contributed by atoms with Gasteiger partial charge in [0.15, 0.2) is 5.76 Å². The zero-order valence-corrected chi connectivity index (χ0v) is 15.9. The summed E-state index contributed by atoms with van der Waals surface area (Å²) in [5.74, 6) is 0.880. The van der Waals surface area contributed by atoms with Crippen molar-refractivity contribution in [2.24, 2.45) is 0 Å². The van der Waals surface area contributed by atoms with Gasteiger partial charge in [0.05, 0.1) is 18.3 Å². The standard InChI is InChI=1S/C23H25N3O/c1-3-25(4-2)17-19-14-15-27-23(19)22-20-12-8-9-13-21(20)26(24-22)16-18-10-6-5-7-11-18/h5-15H,3-4,16-17H2,1-2H3. The fraction of sp³-hybridized carbons (Fsp3) is 0.261. The quantitative estimate of drug-likeness (QED) is 0.455. The summed E-state index contributed by atoms with van der Waals surface area (Å²) in [4.78, 5) is 2.39. The van der Waals surface area contributed by atoms with E-state index in [-0.39, 0.29) is 0 Å². The van der Waals surface area contributed by atoms with Crippen molar-refractivity contribution in [3.63, 3.8) is 0 Å². The van der Waals surface area contributed by atoms with Crippen molar-refractivity contribution in [3.8, 4) is 11.5 Å². The van der Waals surface area contributed by atoms with Crippen molar-refractivity contribution in [1.82, 2.24) is 14.7 Å². The number of hydrogen-bond donors (Lipinski definition) is 0. The van der Waals surface area contributed by atoms with Crippen LogP contribution in [0.5, 0.6) is 0 Å². The Balaban J connectivity index is 1.76. The van der Waals surface area contributed by atoms with E-state index in [1.54, 1.807) is 6.26 Å². The molecule has 0 spiro atoms. The highest BCUT2D eigenvalue weighted by atomic mass is 16.3. The molecule has 0 aliphatic carbocycles. The Kier molecular flexibility index (Phi) is 5.07. The highest BCUT2D eigenvalue weighted by Gasteiger charge is 2.19. The molecule has 0 fully saturated rings. The Morgan fingerprint density at radius 1 is 0.926 bits per heavy atom. The van der Waals surface area contributed by atoms with Crippen LogP contribution >= 0.6 is 0 Å². The summed E-state index contributed by atoms with van der Waals surface area (Å²) in [7, 11) is 0. The summed E-state index contributed by atoms with van der Waals surface area (Å²) < 4.78 is 7.98. The minimum atomic E-state index is 0.743. The molecule has 2 aromatic carbocycles. The van der Waals surface area contributed by atoms with Crippen molar-refractivity contribution >= 4 is 10.9 Å². The predicted molar refractivity (Wildman–Crippen MR) is 110 cm³/mol. The second-order valence-electron chi connectivity index (χ2n) is 6.75. The topological polar surface area (TPSA) is 34.2 Å². The van der Waals surface area contributed by atoms with Gasteiger partial charge in [-0.05, 0) is 30.8 Å². The molecule has 0 saturated heterocycles. The Bertz CT molecular complexity index is 1010. The number of hydrogen-bond acceptors (Lipinski definition) is 3. The van der Waals surface area contributed by atoms with E-state index in [1.165, 1.54) is 11.1 Å². The van der Waals surface area contributed by atoms with Crippen molar-refractivity contribution in [2.45, 2.75) is 26.9 Å². The highest BCUT2D eigenvalue weighted by Crippen LogP contribution is 2.32. The first-order chi connectivity index (χ1) is 13.3. The lowest BCUT2D eigenvalue weighted by molar-refractivity contribution is 0.295. The third kappa shape index (κ3) is 3.53. The molecule has 0 aliphatic heterocycles. The molecule has 2 heterocycles. The van der Waals surface area contributed by atoms with Crippen LogP contribution in [0.1, 0.15) is 25.0 Å². The average Bonchev–Trinajstić information content (AvgIpc) is 3.31. The third-order valence-electron chi connectivity index (χ3n) is 5.08. The summed E-state index contributed by atoms with van der Waals surface area (Å²) in [5.41, 5.74) is 4.48. The second kappa shape index (κ2) is 7.80. The maximum Gasteiger partial charge on any atom is 0.159 e. The molecular formula is C23H25N3O. The van der Waals surface area contributed by atoms with Gasteiger partial charge >= 0.3 is 0 Å². The van der Waals surface area contributed by atoms with Crippen molar-refractivity contribution in [3.05, 3.63) is 78.1 Å². The van der Waals surface area contributed by atoms with Gasteiger partial charge in [-0.2, -0.15) is 5.10 Å². The van der Waals surface area contributed by atoms with Crippen LogP contribution in [-0.2, 0) is 13.1 Å². The molecule has 0 aliphatic rings.